The molecule has 1 amide bonds. The van der Waals surface area contributed by atoms with Crippen LogP contribution < -0.4 is 16.0 Å². The number of hydrogen-bond donors (Lipinski definition) is 3. The minimum absolute atomic E-state index is 0. The van der Waals surface area contributed by atoms with Crippen molar-refractivity contribution >= 4 is 35.8 Å². The molecule has 1 aliphatic rings. The Morgan fingerprint density at radius 2 is 2.15 bits per heavy atom. The lowest BCUT2D eigenvalue weighted by Crippen LogP contribution is -2.47. The van der Waals surface area contributed by atoms with E-state index in [2.05, 4.69) is 46.6 Å². The van der Waals surface area contributed by atoms with Crippen molar-refractivity contribution in [2.75, 3.05) is 32.7 Å². The molecule has 2 heterocycles. The van der Waals surface area contributed by atoms with E-state index in [9.17, 15) is 4.79 Å². The first-order valence-electron chi connectivity index (χ1n) is 9.11. The molecule has 2 unspecified atom stereocenters. The third kappa shape index (κ3) is 6.79. The normalized spacial score (nSPS) is 20.7. The number of hydrogen-bond acceptors (Lipinski definition) is 4. The van der Waals surface area contributed by atoms with Crippen LogP contribution in [0.3, 0.4) is 0 Å². The van der Waals surface area contributed by atoms with Gasteiger partial charge in [0.1, 0.15) is 0 Å². The number of rotatable bonds is 7. The topological polar surface area (TPSA) is 81.9 Å². The standard InChI is InChI=1S/C18H31N5O2.HI/c1-5-19-18(22-15-12-23(13(2)3)11-14(15)4)21-9-8-20-17(24)16-7-6-10-25-16;/h6-7,10,13-15H,5,8-9,11-12H2,1-4H3,(H,20,24)(H2,19,21,22);1H. The van der Waals surface area contributed by atoms with Gasteiger partial charge < -0.3 is 20.4 Å². The fraction of sp³-hybridized carbons (Fsp3) is 0.667. The molecule has 0 bridgehead atoms. The molecule has 0 radical (unpaired) electrons. The van der Waals surface area contributed by atoms with Crippen molar-refractivity contribution in [2.45, 2.75) is 39.8 Å². The Labute approximate surface area is 173 Å². The zero-order valence-electron chi connectivity index (χ0n) is 16.1. The summed E-state index contributed by atoms with van der Waals surface area (Å²) in [5.74, 6) is 1.49. The average Bonchev–Trinajstić information content (AvgIpc) is 3.22. The van der Waals surface area contributed by atoms with Crippen molar-refractivity contribution < 1.29 is 9.21 Å². The number of furan rings is 1. The molecule has 0 aliphatic carbocycles. The molecule has 0 saturated carbocycles. The number of likely N-dealkylation sites (tertiary alicyclic amines) is 1. The molecule has 3 N–H and O–H groups in total. The summed E-state index contributed by atoms with van der Waals surface area (Å²) in [7, 11) is 0. The highest BCUT2D eigenvalue weighted by Gasteiger charge is 2.31. The van der Waals surface area contributed by atoms with Crippen LogP contribution in [0.4, 0.5) is 0 Å². The lowest BCUT2D eigenvalue weighted by atomic mass is 10.1. The van der Waals surface area contributed by atoms with Crippen LogP contribution in [0.25, 0.3) is 0 Å². The number of nitrogens with one attached hydrogen (secondary N) is 3. The summed E-state index contributed by atoms with van der Waals surface area (Å²) in [5.41, 5.74) is 0. The van der Waals surface area contributed by atoms with E-state index in [4.69, 9.17) is 4.42 Å². The lowest BCUT2D eigenvalue weighted by molar-refractivity contribution is 0.0927. The first kappa shape index (κ1) is 22.8. The van der Waals surface area contributed by atoms with Gasteiger partial charge in [-0.15, -0.1) is 24.0 Å². The van der Waals surface area contributed by atoms with E-state index in [1.165, 1.54) is 6.26 Å². The van der Waals surface area contributed by atoms with Crippen LogP contribution in [-0.2, 0) is 0 Å². The lowest BCUT2D eigenvalue weighted by Gasteiger charge is -2.22. The smallest absolute Gasteiger partial charge is 0.287 e. The van der Waals surface area contributed by atoms with Crippen molar-refractivity contribution in [3.8, 4) is 0 Å². The van der Waals surface area contributed by atoms with Gasteiger partial charge in [0.2, 0.25) is 0 Å². The largest absolute Gasteiger partial charge is 0.459 e. The first-order chi connectivity index (χ1) is 12.0. The molecular formula is C18H32IN5O2. The highest BCUT2D eigenvalue weighted by molar-refractivity contribution is 14.0. The maximum Gasteiger partial charge on any atom is 0.287 e. The zero-order valence-corrected chi connectivity index (χ0v) is 18.4. The van der Waals surface area contributed by atoms with Crippen molar-refractivity contribution in [3.05, 3.63) is 24.2 Å². The second kappa shape index (κ2) is 11.4. The van der Waals surface area contributed by atoms with Gasteiger partial charge in [-0.2, -0.15) is 0 Å². The Morgan fingerprint density at radius 3 is 2.73 bits per heavy atom. The van der Waals surface area contributed by atoms with Crippen LogP contribution in [0.15, 0.2) is 27.8 Å². The number of carbonyl (C=O) groups is 1. The Kier molecular flexibility index (Phi) is 10.0. The van der Waals surface area contributed by atoms with E-state index in [-0.39, 0.29) is 29.9 Å². The molecule has 0 aromatic carbocycles. The third-order valence-corrected chi connectivity index (χ3v) is 4.45. The number of carbonyl (C=O) groups excluding carboxylic acids is 1. The van der Waals surface area contributed by atoms with Gasteiger partial charge in [-0.25, -0.2) is 0 Å². The highest BCUT2D eigenvalue weighted by Crippen LogP contribution is 2.18. The number of guanidine groups is 1. The maximum atomic E-state index is 11.8. The fourth-order valence-corrected chi connectivity index (χ4v) is 2.94. The second-order valence-corrected chi connectivity index (χ2v) is 6.77. The van der Waals surface area contributed by atoms with Crippen molar-refractivity contribution in [3.63, 3.8) is 0 Å². The summed E-state index contributed by atoms with van der Waals surface area (Å²) < 4.78 is 5.06. The van der Waals surface area contributed by atoms with Crippen LogP contribution in [0.1, 0.15) is 38.2 Å². The summed E-state index contributed by atoms with van der Waals surface area (Å²) in [6, 6.07) is 4.29. The van der Waals surface area contributed by atoms with Gasteiger partial charge in [-0.05, 0) is 38.8 Å². The van der Waals surface area contributed by atoms with E-state index < -0.39 is 0 Å². The molecule has 1 fully saturated rings. The van der Waals surface area contributed by atoms with Gasteiger partial charge in [-0.3, -0.25) is 14.7 Å². The number of amides is 1. The van der Waals surface area contributed by atoms with E-state index in [0.717, 1.165) is 25.6 Å². The van der Waals surface area contributed by atoms with E-state index in [0.29, 0.717) is 36.9 Å². The predicted molar refractivity (Wildman–Crippen MR) is 115 cm³/mol. The molecule has 7 nitrogen and oxygen atoms in total. The van der Waals surface area contributed by atoms with Crippen molar-refractivity contribution in [2.24, 2.45) is 10.9 Å². The third-order valence-electron chi connectivity index (χ3n) is 4.45. The molecule has 1 aromatic heterocycles. The number of halogens is 1. The first-order valence-corrected chi connectivity index (χ1v) is 9.11. The van der Waals surface area contributed by atoms with Crippen molar-refractivity contribution in [1.29, 1.82) is 0 Å². The molecule has 1 aliphatic heterocycles. The average molecular weight is 477 g/mol. The zero-order chi connectivity index (χ0) is 18.2. The van der Waals surface area contributed by atoms with Crippen LogP contribution >= 0.6 is 24.0 Å². The van der Waals surface area contributed by atoms with Crippen LogP contribution in [-0.4, -0.2) is 61.6 Å². The quantitative estimate of drug-likeness (QED) is 0.242. The number of aliphatic imine (C=N–C) groups is 1. The monoisotopic (exact) mass is 477 g/mol. The highest BCUT2D eigenvalue weighted by atomic mass is 127. The molecule has 8 heteroatoms. The molecule has 2 rings (SSSR count). The summed E-state index contributed by atoms with van der Waals surface area (Å²) >= 11 is 0. The summed E-state index contributed by atoms with van der Waals surface area (Å²) in [4.78, 5) is 18.9. The minimum Gasteiger partial charge on any atom is -0.459 e. The van der Waals surface area contributed by atoms with E-state index in [1.54, 1.807) is 12.1 Å². The molecule has 26 heavy (non-hydrogen) atoms. The Hall–Kier alpha value is -1.29. The Bertz CT molecular complexity index is 562. The molecule has 1 saturated heterocycles. The van der Waals surface area contributed by atoms with Gasteiger partial charge >= 0.3 is 0 Å². The van der Waals surface area contributed by atoms with Crippen LogP contribution in [0.5, 0.6) is 0 Å². The maximum absolute atomic E-state index is 11.8. The predicted octanol–water partition coefficient (Wildman–Crippen LogP) is 1.91. The van der Waals surface area contributed by atoms with Crippen LogP contribution in [0.2, 0.25) is 0 Å². The van der Waals surface area contributed by atoms with Gasteiger partial charge in [0, 0.05) is 38.3 Å². The molecular weight excluding hydrogens is 445 g/mol. The Balaban J connectivity index is 0.00000338. The Morgan fingerprint density at radius 1 is 1.38 bits per heavy atom. The molecule has 0 spiro atoms. The van der Waals surface area contributed by atoms with E-state index in [1.807, 2.05) is 6.92 Å². The summed E-state index contributed by atoms with van der Waals surface area (Å²) in [6.45, 7) is 12.7. The molecule has 2 atom stereocenters. The molecule has 148 valence electrons. The summed E-state index contributed by atoms with van der Waals surface area (Å²) in [6.07, 6.45) is 1.49. The van der Waals surface area contributed by atoms with Gasteiger partial charge in [-0.1, -0.05) is 6.92 Å². The number of nitrogens with zero attached hydrogens (tertiary/aromatic N) is 2. The van der Waals surface area contributed by atoms with Crippen molar-refractivity contribution in [1.82, 2.24) is 20.9 Å². The van der Waals surface area contributed by atoms with E-state index >= 15 is 0 Å². The van der Waals surface area contributed by atoms with Gasteiger partial charge in [0.15, 0.2) is 11.7 Å². The van der Waals surface area contributed by atoms with Crippen LogP contribution in [0, 0.1) is 5.92 Å². The fourth-order valence-electron chi connectivity index (χ4n) is 2.94. The minimum atomic E-state index is -0.213. The second-order valence-electron chi connectivity index (χ2n) is 6.77. The summed E-state index contributed by atoms with van der Waals surface area (Å²) in [5, 5.41) is 9.62. The van der Waals surface area contributed by atoms with Gasteiger partial charge in [0.25, 0.3) is 5.91 Å². The molecule has 1 aromatic rings. The SMILES string of the molecule is CCNC(=NCCNC(=O)c1ccco1)NC1CN(C(C)C)CC1C.I. The van der Waals surface area contributed by atoms with Gasteiger partial charge in [0.05, 0.1) is 12.8 Å².